The van der Waals surface area contributed by atoms with Gasteiger partial charge in [-0.1, -0.05) is 76.2 Å². The van der Waals surface area contributed by atoms with E-state index in [2.05, 4.69) is 92.8 Å². The van der Waals surface area contributed by atoms with Crippen molar-refractivity contribution in [3.05, 3.63) is 83.2 Å². The molecule has 0 atom stereocenters. The Balaban J connectivity index is 2.09. The first-order valence-electron chi connectivity index (χ1n) is 10.1. The summed E-state index contributed by atoms with van der Waals surface area (Å²) in [6.45, 7) is 9.21. The molecule has 2 nitrogen and oxygen atoms in total. The molecular weight excluding hydrogens is 327 g/mol. The highest BCUT2D eigenvalue weighted by Crippen LogP contribution is 2.46. The van der Waals surface area contributed by atoms with Gasteiger partial charge in [0.2, 0.25) is 7.28 Å². The van der Waals surface area contributed by atoms with E-state index >= 15 is 0 Å². The molecule has 0 saturated carbocycles. The van der Waals surface area contributed by atoms with Crippen LogP contribution in [0.1, 0.15) is 55.9 Å². The van der Waals surface area contributed by atoms with E-state index in [1.807, 2.05) is 12.4 Å². The van der Waals surface area contributed by atoms with Gasteiger partial charge in [0.25, 0.3) is 0 Å². The number of imidazole rings is 1. The number of hydrogen-bond donors (Lipinski definition) is 0. The normalized spacial score (nSPS) is 11.8. The van der Waals surface area contributed by atoms with Crippen LogP contribution in [0.4, 0.5) is 0 Å². The van der Waals surface area contributed by atoms with Gasteiger partial charge >= 0.3 is 0 Å². The van der Waals surface area contributed by atoms with Crippen LogP contribution in [0.2, 0.25) is 5.31 Å². The van der Waals surface area contributed by atoms with Crippen molar-refractivity contribution in [2.24, 2.45) is 7.05 Å². The largest absolute Gasteiger partial charge is 0.346 e. The average molecular weight is 358 g/mol. The molecule has 0 amide bonds. The standard InChI is InChI=1S/C24H31BN2/c1-6-18-10-8-12-20(16-18)22(21-13-9-11-19(7-2)17-21)24(3,4)25-23-26-14-15-27(23)5/h8-17,22,25H,6-7H2,1-5H3. The summed E-state index contributed by atoms with van der Waals surface area (Å²) in [6.07, 6.45) is 6.07. The molecule has 0 unspecified atom stereocenters. The molecule has 0 aliphatic rings. The zero-order chi connectivity index (χ0) is 19.4. The first-order chi connectivity index (χ1) is 12.9. The van der Waals surface area contributed by atoms with Gasteiger partial charge in [0.05, 0.1) is 5.72 Å². The Labute approximate surface area is 164 Å². The van der Waals surface area contributed by atoms with Crippen molar-refractivity contribution >= 4 is 13.0 Å². The van der Waals surface area contributed by atoms with Gasteiger partial charge in [-0.3, -0.25) is 4.98 Å². The lowest BCUT2D eigenvalue weighted by Gasteiger charge is -2.35. The van der Waals surface area contributed by atoms with Crippen LogP contribution in [0.5, 0.6) is 0 Å². The van der Waals surface area contributed by atoms with Crippen LogP contribution in [0, 0.1) is 0 Å². The molecule has 3 heteroatoms. The van der Waals surface area contributed by atoms with Crippen LogP contribution in [0.25, 0.3) is 0 Å². The number of nitrogens with zero attached hydrogens (tertiary/aromatic N) is 2. The number of aromatic nitrogens is 2. The molecule has 0 saturated heterocycles. The summed E-state index contributed by atoms with van der Waals surface area (Å²) in [5, 5.41) is 0.0395. The summed E-state index contributed by atoms with van der Waals surface area (Å²) in [7, 11) is 3.02. The van der Waals surface area contributed by atoms with Crippen molar-refractivity contribution in [1.82, 2.24) is 9.55 Å². The topological polar surface area (TPSA) is 17.8 Å². The first kappa shape index (κ1) is 19.5. The summed E-state index contributed by atoms with van der Waals surface area (Å²) in [5.41, 5.74) is 6.75. The van der Waals surface area contributed by atoms with Gasteiger partial charge in [-0.25, -0.2) is 0 Å². The number of benzene rings is 2. The van der Waals surface area contributed by atoms with E-state index in [1.54, 1.807) is 0 Å². The predicted molar refractivity (Wildman–Crippen MR) is 118 cm³/mol. The summed E-state index contributed by atoms with van der Waals surface area (Å²) < 4.78 is 2.14. The molecule has 0 bridgehead atoms. The summed E-state index contributed by atoms with van der Waals surface area (Å²) >= 11 is 0. The maximum absolute atomic E-state index is 4.60. The van der Waals surface area contributed by atoms with Gasteiger partial charge in [-0.15, -0.1) is 0 Å². The molecule has 0 aliphatic heterocycles. The maximum Gasteiger partial charge on any atom is 0.211 e. The van der Waals surface area contributed by atoms with Crippen LogP contribution in [0.3, 0.4) is 0 Å². The lowest BCUT2D eigenvalue weighted by molar-refractivity contribution is 0.582. The minimum atomic E-state index is 0.0395. The Morgan fingerprint density at radius 2 is 1.52 bits per heavy atom. The van der Waals surface area contributed by atoms with Crippen LogP contribution in [-0.4, -0.2) is 16.8 Å². The van der Waals surface area contributed by atoms with E-state index in [0.717, 1.165) is 25.8 Å². The SMILES string of the molecule is CCc1cccc(C(c2cccc(CC)c2)C(C)(C)Bc2nccn2C)c1. The van der Waals surface area contributed by atoms with Gasteiger partial charge in [-0.05, 0) is 40.4 Å². The van der Waals surface area contributed by atoms with Gasteiger partial charge < -0.3 is 4.57 Å². The Bertz CT molecular complexity index is 847. The molecule has 140 valence electrons. The second-order valence-electron chi connectivity index (χ2n) is 8.25. The molecule has 0 N–H and O–H groups in total. The molecule has 2 aromatic carbocycles. The van der Waals surface area contributed by atoms with E-state index in [1.165, 1.54) is 22.3 Å². The van der Waals surface area contributed by atoms with Crippen molar-refractivity contribution in [3.8, 4) is 0 Å². The number of rotatable bonds is 7. The van der Waals surface area contributed by atoms with Crippen molar-refractivity contribution in [1.29, 1.82) is 0 Å². The molecule has 27 heavy (non-hydrogen) atoms. The van der Waals surface area contributed by atoms with E-state index in [4.69, 9.17) is 0 Å². The fraction of sp³-hybridized carbons (Fsp3) is 0.375. The minimum absolute atomic E-state index is 0.0395. The Hall–Kier alpha value is -2.29. The molecule has 0 fully saturated rings. The number of aryl methyl sites for hydroxylation is 3. The molecule has 0 spiro atoms. The van der Waals surface area contributed by atoms with Gasteiger partial charge in [-0.2, -0.15) is 0 Å². The molecule has 0 aliphatic carbocycles. The second-order valence-corrected chi connectivity index (χ2v) is 8.25. The molecule has 3 rings (SSSR count). The summed E-state index contributed by atoms with van der Waals surface area (Å²) in [5.74, 6) is 0.326. The van der Waals surface area contributed by atoms with E-state index in [0.29, 0.717) is 5.92 Å². The molecule has 3 aromatic rings. The fourth-order valence-electron chi connectivity index (χ4n) is 4.16. The first-order valence-corrected chi connectivity index (χ1v) is 10.1. The zero-order valence-corrected chi connectivity index (χ0v) is 17.4. The van der Waals surface area contributed by atoms with Crippen molar-refractivity contribution in [2.75, 3.05) is 0 Å². The minimum Gasteiger partial charge on any atom is -0.346 e. The third-order valence-electron chi connectivity index (χ3n) is 5.70. The molecule has 0 radical (unpaired) electrons. The van der Waals surface area contributed by atoms with Crippen LogP contribution >= 0.6 is 0 Å². The molecule has 1 heterocycles. The third-order valence-corrected chi connectivity index (χ3v) is 5.70. The Morgan fingerprint density at radius 3 is 1.96 bits per heavy atom. The van der Waals surface area contributed by atoms with Gasteiger partial charge in [0.1, 0.15) is 0 Å². The Morgan fingerprint density at radius 1 is 0.963 bits per heavy atom. The van der Waals surface area contributed by atoms with Gasteiger partial charge in [0, 0.05) is 25.4 Å². The van der Waals surface area contributed by atoms with E-state index in [-0.39, 0.29) is 5.31 Å². The van der Waals surface area contributed by atoms with Crippen molar-refractivity contribution < 1.29 is 0 Å². The summed E-state index contributed by atoms with van der Waals surface area (Å²) in [6, 6.07) is 18.3. The predicted octanol–water partition coefficient (Wildman–Crippen LogP) is 4.64. The fourth-order valence-corrected chi connectivity index (χ4v) is 4.16. The monoisotopic (exact) mass is 358 g/mol. The highest BCUT2D eigenvalue weighted by molar-refractivity contribution is 6.55. The average Bonchev–Trinajstić information content (AvgIpc) is 3.06. The summed E-state index contributed by atoms with van der Waals surface area (Å²) in [4.78, 5) is 4.60. The highest BCUT2D eigenvalue weighted by Gasteiger charge is 2.35. The zero-order valence-electron chi connectivity index (χ0n) is 17.4. The lowest BCUT2D eigenvalue weighted by atomic mass is 9.46. The third kappa shape index (κ3) is 4.35. The maximum atomic E-state index is 4.60. The number of hydrogen-bond acceptors (Lipinski definition) is 1. The van der Waals surface area contributed by atoms with Crippen LogP contribution in [0.15, 0.2) is 60.9 Å². The smallest absolute Gasteiger partial charge is 0.211 e. The van der Waals surface area contributed by atoms with E-state index in [9.17, 15) is 0 Å². The van der Waals surface area contributed by atoms with Gasteiger partial charge in [0.15, 0.2) is 0 Å². The van der Waals surface area contributed by atoms with Crippen LogP contribution in [-0.2, 0) is 19.9 Å². The second kappa shape index (κ2) is 8.16. The lowest BCUT2D eigenvalue weighted by Crippen LogP contribution is -2.36. The van der Waals surface area contributed by atoms with Crippen molar-refractivity contribution in [3.63, 3.8) is 0 Å². The molecular formula is C24H31BN2. The molecule has 1 aromatic heterocycles. The Kier molecular flexibility index (Phi) is 5.89. The van der Waals surface area contributed by atoms with Crippen LogP contribution < -0.4 is 5.72 Å². The van der Waals surface area contributed by atoms with Crippen molar-refractivity contribution in [2.45, 2.75) is 51.8 Å². The quantitative estimate of drug-likeness (QED) is 0.563. The van der Waals surface area contributed by atoms with E-state index < -0.39 is 0 Å². The highest BCUT2D eigenvalue weighted by atomic mass is 15.0.